The molecule has 0 fully saturated rings. The predicted molar refractivity (Wildman–Crippen MR) is 56.3 cm³/mol. The van der Waals surface area contributed by atoms with Crippen molar-refractivity contribution in [2.24, 2.45) is 0 Å². The van der Waals surface area contributed by atoms with Gasteiger partial charge < -0.3 is 5.11 Å². The van der Waals surface area contributed by atoms with Crippen molar-refractivity contribution in [2.75, 3.05) is 0 Å². The first-order valence-corrected chi connectivity index (χ1v) is 7.86. The van der Waals surface area contributed by atoms with Gasteiger partial charge in [0.15, 0.2) is 0 Å². The molecule has 1 aromatic rings. The van der Waals surface area contributed by atoms with Gasteiger partial charge in [-0.15, -0.1) is 0 Å². The van der Waals surface area contributed by atoms with Crippen LogP contribution in [-0.4, -0.2) is 19.1 Å². The standard InChI is InChI=1S/C10H13FO2Si/c1-14(2,3)8-6-4-5-7(9(8)11)10(12)13/h4-6H,1-3H3,(H,12,13). The quantitative estimate of drug-likeness (QED) is 0.762. The Morgan fingerprint density at radius 3 is 2.36 bits per heavy atom. The number of carboxylic acid groups (broad SMARTS) is 1. The van der Waals surface area contributed by atoms with E-state index in [2.05, 4.69) is 0 Å². The predicted octanol–water partition coefficient (Wildman–Crippen LogP) is 2.07. The highest BCUT2D eigenvalue weighted by Crippen LogP contribution is 2.10. The van der Waals surface area contributed by atoms with Crippen LogP contribution in [0.2, 0.25) is 19.6 Å². The molecule has 0 aliphatic rings. The van der Waals surface area contributed by atoms with Crippen LogP contribution in [0.5, 0.6) is 0 Å². The van der Waals surface area contributed by atoms with Gasteiger partial charge in [0.2, 0.25) is 0 Å². The Morgan fingerprint density at radius 2 is 1.93 bits per heavy atom. The first-order valence-electron chi connectivity index (χ1n) is 4.36. The van der Waals surface area contributed by atoms with E-state index in [1.54, 1.807) is 12.1 Å². The van der Waals surface area contributed by atoms with Gasteiger partial charge in [-0.2, -0.15) is 0 Å². The first kappa shape index (κ1) is 10.9. The molecule has 0 aliphatic carbocycles. The van der Waals surface area contributed by atoms with Gasteiger partial charge in [-0.1, -0.05) is 31.8 Å². The normalized spacial score (nSPS) is 11.4. The average Bonchev–Trinajstić information content (AvgIpc) is 2.01. The van der Waals surface area contributed by atoms with Crippen molar-refractivity contribution < 1.29 is 14.3 Å². The summed E-state index contributed by atoms with van der Waals surface area (Å²) < 4.78 is 13.7. The smallest absolute Gasteiger partial charge is 0.338 e. The summed E-state index contributed by atoms with van der Waals surface area (Å²) in [4.78, 5) is 10.7. The van der Waals surface area contributed by atoms with E-state index in [9.17, 15) is 9.18 Å². The van der Waals surface area contributed by atoms with Gasteiger partial charge in [0.05, 0.1) is 13.6 Å². The molecule has 0 amide bonds. The molecule has 0 unspecified atom stereocenters. The zero-order valence-corrected chi connectivity index (χ0v) is 9.47. The average molecular weight is 212 g/mol. The van der Waals surface area contributed by atoms with Crippen molar-refractivity contribution >= 4 is 19.2 Å². The van der Waals surface area contributed by atoms with Gasteiger partial charge in [0, 0.05) is 0 Å². The Kier molecular flexibility index (Phi) is 2.75. The van der Waals surface area contributed by atoms with E-state index >= 15 is 0 Å². The molecule has 1 N–H and O–H groups in total. The molecule has 0 spiro atoms. The molecular formula is C10H13FO2Si. The third-order valence-electron chi connectivity index (χ3n) is 2.04. The number of aromatic carboxylic acids is 1. The number of benzene rings is 1. The molecule has 0 radical (unpaired) electrons. The maximum absolute atomic E-state index is 13.7. The summed E-state index contributed by atoms with van der Waals surface area (Å²) in [6.07, 6.45) is 0. The lowest BCUT2D eigenvalue weighted by molar-refractivity contribution is 0.0692. The fraction of sp³-hybridized carbons (Fsp3) is 0.300. The van der Waals surface area contributed by atoms with Crippen molar-refractivity contribution in [3.8, 4) is 0 Å². The van der Waals surface area contributed by atoms with E-state index < -0.39 is 19.9 Å². The first-order chi connectivity index (χ1) is 6.34. The van der Waals surface area contributed by atoms with Gasteiger partial charge in [-0.05, 0) is 11.3 Å². The number of rotatable bonds is 2. The van der Waals surface area contributed by atoms with Crippen molar-refractivity contribution in [3.05, 3.63) is 29.6 Å². The SMILES string of the molecule is C[Si](C)(C)c1cccc(C(=O)O)c1F. The van der Waals surface area contributed by atoms with Crippen molar-refractivity contribution in [2.45, 2.75) is 19.6 Å². The number of hydrogen-bond donors (Lipinski definition) is 1. The lowest BCUT2D eigenvalue weighted by Gasteiger charge is -2.17. The highest BCUT2D eigenvalue weighted by atomic mass is 28.3. The summed E-state index contributed by atoms with van der Waals surface area (Å²) in [5.41, 5.74) is -0.232. The second kappa shape index (κ2) is 3.53. The van der Waals surface area contributed by atoms with Crippen LogP contribution in [0.3, 0.4) is 0 Å². The molecule has 0 aromatic heterocycles. The minimum absolute atomic E-state index is 0.232. The van der Waals surface area contributed by atoms with Crippen molar-refractivity contribution in [3.63, 3.8) is 0 Å². The van der Waals surface area contributed by atoms with E-state index in [0.29, 0.717) is 5.19 Å². The monoisotopic (exact) mass is 212 g/mol. The molecule has 14 heavy (non-hydrogen) atoms. The Labute approximate surface area is 83.4 Å². The van der Waals surface area contributed by atoms with Crippen LogP contribution in [0.25, 0.3) is 0 Å². The summed E-state index contributed by atoms with van der Waals surface area (Å²) in [6, 6.07) is 4.56. The van der Waals surface area contributed by atoms with E-state index in [4.69, 9.17) is 5.11 Å². The molecule has 0 saturated heterocycles. The van der Waals surface area contributed by atoms with Gasteiger partial charge in [-0.25, -0.2) is 9.18 Å². The number of hydrogen-bond acceptors (Lipinski definition) is 1. The van der Waals surface area contributed by atoms with Gasteiger partial charge in [-0.3, -0.25) is 0 Å². The van der Waals surface area contributed by atoms with E-state index in [-0.39, 0.29) is 5.56 Å². The fourth-order valence-corrected chi connectivity index (χ4v) is 2.67. The zero-order chi connectivity index (χ0) is 10.9. The lowest BCUT2D eigenvalue weighted by Crippen LogP contribution is -2.40. The second-order valence-corrected chi connectivity index (χ2v) is 9.26. The third-order valence-corrected chi connectivity index (χ3v) is 4.04. The van der Waals surface area contributed by atoms with Crippen LogP contribution in [-0.2, 0) is 0 Å². The summed E-state index contributed by atoms with van der Waals surface area (Å²) in [6.45, 7) is 5.95. The number of halogens is 1. The molecule has 0 aliphatic heterocycles. The van der Waals surface area contributed by atoms with E-state index in [1.165, 1.54) is 6.07 Å². The minimum Gasteiger partial charge on any atom is -0.478 e. The Bertz CT molecular complexity index is 369. The molecular weight excluding hydrogens is 199 g/mol. The molecule has 0 heterocycles. The van der Waals surface area contributed by atoms with Gasteiger partial charge >= 0.3 is 5.97 Å². The molecule has 0 atom stereocenters. The molecule has 4 heteroatoms. The summed E-state index contributed by atoms with van der Waals surface area (Å²) in [5, 5.41) is 9.30. The van der Waals surface area contributed by atoms with Crippen LogP contribution in [0, 0.1) is 5.82 Å². The van der Waals surface area contributed by atoms with E-state index in [1.807, 2.05) is 19.6 Å². The number of carbonyl (C=O) groups is 1. The van der Waals surface area contributed by atoms with Crippen LogP contribution in [0.4, 0.5) is 4.39 Å². The van der Waals surface area contributed by atoms with Crippen LogP contribution in [0.15, 0.2) is 18.2 Å². The van der Waals surface area contributed by atoms with Crippen molar-refractivity contribution in [1.82, 2.24) is 0 Å². The highest BCUT2D eigenvalue weighted by molar-refractivity contribution is 6.88. The molecule has 2 nitrogen and oxygen atoms in total. The molecule has 1 rings (SSSR count). The van der Waals surface area contributed by atoms with E-state index in [0.717, 1.165) is 0 Å². The molecule has 76 valence electrons. The summed E-state index contributed by atoms with van der Waals surface area (Å²) in [7, 11) is -1.79. The fourth-order valence-electron chi connectivity index (χ4n) is 1.28. The summed E-state index contributed by atoms with van der Waals surface area (Å²) >= 11 is 0. The zero-order valence-electron chi connectivity index (χ0n) is 8.47. The van der Waals surface area contributed by atoms with Crippen LogP contribution >= 0.6 is 0 Å². The van der Waals surface area contributed by atoms with Gasteiger partial charge in [0.25, 0.3) is 0 Å². The molecule has 0 saturated carbocycles. The maximum atomic E-state index is 13.7. The van der Waals surface area contributed by atoms with Crippen molar-refractivity contribution in [1.29, 1.82) is 0 Å². The highest BCUT2D eigenvalue weighted by Gasteiger charge is 2.23. The molecule has 1 aromatic carbocycles. The number of carboxylic acids is 1. The second-order valence-electron chi connectivity index (χ2n) is 4.22. The van der Waals surface area contributed by atoms with Crippen LogP contribution < -0.4 is 5.19 Å². The third kappa shape index (κ3) is 2.01. The largest absolute Gasteiger partial charge is 0.478 e. The lowest BCUT2D eigenvalue weighted by atomic mass is 10.2. The maximum Gasteiger partial charge on any atom is 0.338 e. The topological polar surface area (TPSA) is 37.3 Å². The van der Waals surface area contributed by atoms with Crippen LogP contribution in [0.1, 0.15) is 10.4 Å². The van der Waals surface area contributed by atoms with Gasteiger partial charge in [0.1, 0.15) is 5.82 Å². The Morgan fingerprint density at radius 1 is 1.36 bits per heavy atom. The Balaban J connectivity index is 3.35. The minimum atomic E-state index is -1.79. The summed E-state index contributed by atoms with van der Waals surface area (Å²) in [5.74, 6) is -1.78. The molecule has 0 bridgehead atoms. The Hall–Kier alpha value is -1.16.